The molecule has 2 rings (SSSR count). The van der Waals surface area contributed by atoms with E-state index >= 15 is 0 Å². The highest BCUT2D eigenvalue weighted by atomic mass is 16.6. The lowest BCUT2D eigenvalue weighted by Gasteiger charge is -2.11. The quantitative estimate of drug-likeness (QED) is 0.434. The van der Waals surface area contributed by atoms with Gasteiger partial charge in [0.05, 0.1) is 18.3 Å². The molecule has 22 heavy (non-hydrogen) atoms. The number of hydrogen-bond donors (Lipinski definition) is 1. The first-order valence-electron chi connectivity index (χ1n) is 7.65. The molecule has 0 saturated heterocycles. The number of aromatic nitrogens is 1. The molecular weight excluding hydrogens is 278 g/mol. The van der Waals surface area contributed by atoms with Gasteiger partial charge < -0.3 is 14.9 Å². The Morgan fingerprint density at radius 1 is 1.32 bits per heavy atom. The minimum atomic E-state index is 0.619. The van der Waals surface area contributed by atoms with Crippen LogP contribution in [0.2, 0.25) is 0 Å². The molecule has 1 heterocycles. The van der Waals surface area contributed by atoms with Gasteiger partial charge in [-0.2, -0.15) is 0 Å². The molecule has 1 aromatic carbocycles. The van der Waals surface area contributed by atoms with Crippen LogP contribution in [0.25, 0.3) is 10.9 Å². The summed E-state index contributed by atoms with van der Waals surface area (Å²) >= 11 is 0. The zero-order valence-electron chi connectivity index (χ0n) is 13.2. The molecule has 0 spiro atoms. The number of ether oxygens (including phenoxy) is 1. The van der Waals surface area contributed by atoms with E-state index < -0.39 is 0 Å². The third-order valence-electron chi connectivity index (χ3n) is 3.27. The van der Waals surface area contributed by atoms with Crippen LogP contribution in [-0.4, -0.2) is 31.5 Å². The molecule has 0 aliphatic rings. The molecule has 5 heteroatoms. The number of benzene rings is 1. The molecule has 0 saturated carbocycles. The molecule has 0 radical (unpaired) electrons. The van der Waals surface area contributed by atoms with Gasteiger partial charge in [-0.05, 0) is 38.3 Å². The molecule has 0 fully saturated rings. The van der Waals surface area contributed by atoms with E-state index in [1.54, 1.807) is 7.11 Å². The van der Waals surface area contributed by atoms with Gasteiger partial charge in [0, 0.05) is 30.4 Å². The highest BCUT2D eigenvalue weighted by molar-refractivity contribution is 5.91. The van der Waals surface area contributed by atoms with Gasteiger partial charge in [0.25, 0.3) is 0 Å². The highest BCUT2D eigenvalue weighted by Crippen LogP contribution is 2.27. The number of anilines is 1. The Kier molecular flexibility index (Phi) is 6.48. The van der Waals surface area contributed by atoms with Crippen LogP contribution in [0.5, 0.6) is 5.75 Å². The Bertz CT molecular complexity index is 614. The van der Waals surface area contributed by atoms with Crippen LogP contribution in [0.15, 0.2) is 35.6 Å². The molecule has 0 bridgehead atoms. The molecule has 0 amide bonds. The van der Waals surface area contributed by atoms with Crippen molar-refractivity contribution in [1.29, 1.82) is 0 Å². The second-order valence-corrected chi connectivity index (χ2v) is 4.88. The Labute approximate surface area is 131 Å². The lowest BCUT2D eigenvalue weighted by Crippen LogP contribution is -2.03. The second-order valence-electron chi connectivity index (χ2n) is 4.88. The van der Waals surface area contributed by atoms with Gasteiger partial charge in [-0.3, -0.25) is 4.98 Å². The summed E-state index contributed by atoms with van der Waals surface area (Å²) in [6.07, 6.45) is 6.69. The van der Waals surface area contributed by atoms with Crippen LogP contribution in [0.3, 0.4) is 0 Å². The van der Waals surface area contributed by atoms with Crippen molar-refractivity contribution in [2.75, 3.05) is 25.6 Å². The predicted molar refractivity (Wildman–Crippen MR) is 90.8 cm³/mol. The first kappa shape index (κ1) is 16.1. The minimum absolute atomic E-state index is 0.619. The Morgan fingerprint density at radius 3 is 3.05 bits per heavy atom. The fourth-order valence-corrected chi connectivity index (χ4v) is 2.18. The summed E-state index contributed by atoms with van der Waals surface area (Å²) in [6, 6.07) is 7.97. The Balaban J connectivity index is 1.88. The van der Waals surface area contributed by atoms with E-state index in [1.165, 1.54) is 0 Å². The van der Waals surface area contributed by atoms with Gasteiger partial charge in [0.1, 0.15) is 12.4 Å². The van der Waals surface area contributed by atoms with Crippen molar-refractivity contribution in [1.82, 2.24) is 4.98 Å². The van der Waals surface area contributed by atoms with Crippen LogP contribution in [-0.2, 0) is 4.84 Å². The zero-order valence-corrected chi connectivity index (χ0v) is 13.2. The number of oxime groups is 1. The Hall–Kier alpha value is -2.30. The highest BCUT2D eigenvalue weighted by Gasteiger charge is 2.05. The number of hydrogen-bond acceptors (Lipinski definition) is 5. The normalized spacial score (nSPS) is 11.0. The third kappa shape index (κ3) is 4.62. The SMILES string of the molecule is CCO/N=C/CCCCNc1cc(OC)cc2cccnc12. The first-order valence-corrected chi connectivity index (χ1v) is 7.65. The minimum Gasteiger partial charge on any atom is -0.497 e. The number of methoxy groups -OCH3 is 1. The summed E-state index contributed by atoms with van der Waals surface area (Å²) < 4.78 is 5.35. The lowest BCUT2D eigenvalue weighted by atomic mass is 10.1. The summed E-state index contributed by atoms with van der Waals surface area (Å²) in [4.78, 5) is 9.36. The number of pyridine rings is 1. The van der Waals surface area contributed by atoms with Crippen molar-refractivity contribution >= 4 is 22.8 Å². The van der Waals surface area contributed by atoms with Crippen LogP contribution in [0, 0.1) is 0 Å². The zero-order chi connectivity index (χ0) is 15.6. The third-order valence-corrected chi connectivity index (χ3v) is 3.27. The van der Waals surface area contributed by atoms with Gasteiger partial charge in [-0.15, -0.1) is 0 Å². The van der Waals surface area contributed by atoms with E-state index in [1.807, 2.05) is 43.6 Å². The van der Waals surface area contributed by atoms with E-state index in [0.717, 1.165) is 48.1 Å². The van der Waals surface area contributed by atoms with Gasteiger partial charge in [0.15, 0.2) is 0 Å². The van der Waals surface area contributed by atoms with Gasteiger partial charge >= 0.3 is 0 Å². The van der Waals surface area contributed by atoms with Crippen molar-refractivity contribution in [2.24, 2.45) is 5.16 Å². The van der Waals surface area contributed by atoms with E-state index in [2.05, 4.69) is 15.5 Å². The predicted octanol–water partition coefficient (Wildman–Crippen LogP) is 3.85. The molecule has 0 atom stereocenters. The topological polar surface area (TPSA) is 55.7 Å². The van der Waals surface area contributed by atoms with Crippen molar-refractivity contribution in [3.63, 3.8) is 0 Å². The maximum absolute atomic E-state index is 5.35. The summed E-state index contributed by atoms with van der Waals surface area (Å²) in [7, 11) is 1.68. The molecule has 118 valence electrons. The van der Waals surface area contributed by atoms with Gasteiger partial charge in [-0.25, -0.2) is 0 Å². The molecule has 1 aromatic heterocycles. The average Bonchev–Trinajstić information content (AvgIpc) is 2.56. The maximum Gasteiger partial charge on any atom is 0.121 e. The Morgan fingerprint density at radius 2 is 2.23 bits per heavy atom. The van der Waals surface area contributed by atoms with Gasteiger partial charge in [-0.1, -0.05) is 11.2 Å². The molecule has 0 aliphatic heterocycles. The molecule has 5 nitrogen and oxygen atoms in total. The second kappa shape index (κ2) is 8.87. The first-order chi connectivity index (χ1) is 10.8. The van der Waals surface area contributed by atoms with Crippen LogP contribution in [0.1, 0.15) is 26.2 Å². The molecule has 0 unspecified atom stereocenters. The summed E-state index contributed by atoms with van der Waals surface area (Å²) in [5.41, 5.74) is 1.99. The fraction of sp³-hybridized carbons (Fsp3) is 0.412. The summed E-state index contributed by atoms with van der Waals surface area (Å²) in [5, 5.41) is 8.36. The standard InChI is InChI=1S/C17H23N3O2/c1-3-22-20-11-6-4-5-9-18-16-13-15(21-2)12-14-8-7-10-19-17(14)16/h7-8,10-13,18H,3-6,9H2,1-2H3/b20-11+. The van der Waals surface area contributed by atoms with Crippen molar-refractivity contribution in [3.05, 3.63) is 30.5 Å². The molecular formula is C17H23N3O2. The number of fused-ring (bicyclic) bond motifs is 1. The largest absolute Gasteiger partial charge is 0.497 e. The fourth-order valence-electron chi connectivity index (χ4n) is 2.18. The van der Waals surface area contributed by atoms with Crippen LogP contribution >= 0.6 is 0 Å². The van der Waals surface area contributed by atoms with E-state index in [4.69, 9.17) is 9.57 Å². The lowest BCUT2D eigenvalue weighted by molar-refractivity contribution is 0.160. The number of nitrogens with zero attached hydrogens (tertiary/aromatic N) is 2. The van der Waals surface area contributed by atoms with E-state index in [9.17, 15) is 0 Å². The monoisotopic (exact) mass is 301 g/mol. The van der Waals surface area contributed by atoms with Crippen molar-refractivity contribution in [3.8, 4) is 5.75 Å². The van der Waals surface area contributed by atoms with E-state index in [0.29, 0.717) is 6.61 Å². The number of unbranched alkanes of at least 4 members (excludes halogenated alkanes) is 2. The summed E-state index contributed by atoms with van der Waals surface area (Å²) in [5.74, 6) is 0.840. The van der Waals surface area contributed by atoms with Gasteiger partial charge in [0.2, 0.25) is 0 Å². The molecule has 0 aliphatic carbocycles. The van der Waals surface area contributed by atoms with Crippen LogP contribution in [0.4, 0.5) is 5.69 Å². The molecule has 1 N–H and O–H groups in total. The number of nitrogens with one attached hydrogen (secondary N) is 1. The summed E-state index contributed by atoms with van der Waals surface area (Å²) in [6.45, 7) is 3.43. The number of rotatable bonds is 9. The van der Waals surface area contributed by atoms with Crippen LogP contribution < -0.4 is 10.1 Å². The average molecular weight is 301 g/mol. The van der Waals surface area contributed by atoms with Crippen molar-refractivity contribution < 1.29 is 9.57 Å². The van der Waals surface area contributed by atoms with Crippen molar-refractivity contribution in [2.45, 2.75) is 26.2 Å². The molecule has 2 aromatic rings. The maximum atomic E-state index is 5.35. The smallest absolute Gasteiger partial charge is 0.121 e. The van der Waals surface area contributed by atoms with E-state index in [-0.39, 0.29) is 0 Å².